The molecular formula is C28H24N2O6. The van der Waals surface area contributed by atoms with Crippen LogP contribution in [0.1, 0.15) is 15.9 Å². The molecule has 0 saturated carbocycles. The molecular weight excluding hydrogens is 460 g/mol. The number of ether oxygens (including phenoxy) is 3. The molecule has 0 aliphatic carbocycles. The zero-order valence-electron chi connectivity index (χ0n) is 19.8. The molecule has 0 radical (unpaired) electrons. The van der Waals surface area contributed by atoms with Gasteiger partial charge in [-0.15, -0.1) is 0 Å². The van der Waals surface area contributed by atoms with Gasteiger partial charge in [0.25, 0.3) is 5.91 Å². The number of fused-ring (bicyclic) bond motifs is 2. The first kappa shape index (κ1) is 23.0. The summed E-state index contributed by atoms with van der Waals surface area (Å²) in [7, 11) is 3.18. The molecule has 0 fully saturated rings. The Bertz CT molecular complexity index is 1600. The van der Waals surface area contributed by atoms with Crippen molar-refractivity contribution in [2.45, 2.75) is 6.42 Å². The minimum atomic E-state index is -0.296. The molecule has 0 aliphatic rings. The van der Waals surface area contributed by atoms with E-state index in [1.54, 1.807) is 56.7 Å². The van der Waals surface area contributed by atoms with Crippen LogP contribution in [0.25, 0.3) is 21.9 Å². The first-order chi connectivity index (χ1) is 17.6. The second kappa shape index (κ2) is 9.87. The van der Waals surface area contributed by atoms with Gasteiger partial charge in [-0.1, -0.05) is 0 Å². The molecule has 0 spiro atoms. The molecule has 1 amide bonds. The SMILES string of the molecule is COc1ccc2c(=O)c(Oc3ccc(C(=O)NCCc4c[nH]c5ccc(OC)cc45)cc3)coc2c1. The Morgan fingerprint density at radius 3 is 2.42 bits per heavy atom. The molecule has 36 heavy (non-hydrogen) atoms. The van der Waals surface area contributed by atoms with Gasteiger partial charge < -0.3 is 28.9 Å². The average Bonchev–Trinajstić information content (AvgIpc) is 3.32. The number of hydrogen-bond acceptors (Lipinski definition) is 6. The van der Waals surface area contributed by atoms with E-state index >= 15 is 0 Å². The van der Waals surface area contributed by atoms with Crippen molar-refractivity contribution in [3.63, 3.8) is 0 Å². The lowest BCUT2D eigenvalue weighted by Gasteiger charge is -2.08. The van der Waals surface area contributed by atoms with E-state index in [4.69, 9.17) is 18.6 Å². The van der Waals surface area contributed by atoms with Crippen LogP contribution in [-0.2, 0) is 6.42 Å². The van der Waals surface area contributed by atoms with E-state index in [0.29, 0.717) is 41.0 Å². The van der Waals surface area contributed by atoms with Crippen LogP contribution in [-0.4, -0.2) is 31.7 Å². The molecule has 5 rings (SSSR count). The number of aromatic amines is 1. The smallest absolute Gasteiger partial charge is 0.251 e. The fourth-order valence-electron chi connectivity index (χ4n) is 3.99. The molecule has 0 aliphatic heterocycles. The fraction of sp³-hybridized carbons (Fsp3) is 0.143. The molecule has 2 N–H and O–H groups in total. The van der Waals surface area contributed by atoms with E-state index < -0.39 is 0 Å². The third kappa shape index (κ3) is 4.61. The molecule has 0 unspecified atom stereocenters. The van der Waals surface area contributed by atoms with E-state index in [1.807, 2.05) is 24.4 Å². The van der Waals surface area contributed by atoms with Crippen LogP contribution in [0, 0.1) is 0 Å². The Kier molecular flexibility index (Phi) is 6.32. The largest absolute Gasteiger partial charge is 0.497 e. The number of benzene rings is 3. The quantitative estimate of drug-likeness (QED) is 0.319. The molecule has 5 aromatic rings. The maximum atomic E-state index is 12.7. The number of amides is 1. The van der Waals surface area contributed by atoms with Gasteiger partial charge >= 0.3 is 0 Å². The lowest BCUT2D eigenvalue weighted by Crippen LogP contribution is -2.25. The van der Waals surface area contributed by atoms with Crippen molar-refractivity contribution >= 4 is 27.8 Å². The summed E-state index contributed by atoms with van der Waals surface area (Å²) in [5, 5.41) is 4.40. The minimum absolute atomic E-state index is 0.0558. The number of aromatic nitrogens is 1. The fourth-order valence-corrected chi connectivity index (χ4v) is 3.99. The molecule has 8 nitrogen and oxygen atoms in total. The highest BCUT2D eigenvalue weighted by atomic mass is 16.5. The summed E-state index contributed by atoms with van der Waals surface area (Å²) in [5.74, 6) is 1.66. The van der Waals surface area contributed by atoms with Crippen molar-refractivity contribution < 1.29 is 23.4 Å². The van der Waals surface area contributed by atoms with Gasteiger partial charge in [0, 0.05) is 35.3 Å². The first-order valence-corrected chi connectivity index (χ1v) is 11.4. The molecule has 2 heterocycles. The van der Waals surface area contributed by atoms with Crippen LogP contribution in [0.4, 0.5) is 0 Å². The third-order valence-corrected chi connectivity index (χ3v) is 5.95. The van der Waals surface area contributed by atoms with E-state index in [9.17, 15) is 9.59 Å². The highest BCUT2D eigenvalue weighted by Crippen LogP contribution is 2.25. The van der Waals surface area contributed by atoms with Crippen LogP contribution in [0.5, 0.6) is 23.0 Å². The number of hydrogen-bond donors (Lipinski definition) is 2. The molecule has 8 heteroatoms. The van der Waals surface area contributed by atoms with Gasteiger partial charge in [-0.25, -0.2) is 0 Å². The number of carbonyl (C=O) groups is 1. The number of H-pyrrole nitrogens is 1. The molecule has 2 aromatic heterocycles. The topological polar surface area (TPSA) is 103 Å². The van der Waals surface area contributed by atoms with E-state index in [0.717, 1.165) is 22.2 Å². The van der Waals surface area contributed by atoms with Crippen molar-refractivity contribution in [3.8, 4) is 23.0 Å². The van der Waals surface area contributed by atoms with Gasteiger partial charge in [-0.3, -0.25) is 9.59 Å². The summed E-state index contributed by atoms with van der Waals surface area (Å²) in [4.78, 5) is 28.6. The second-order valence-electron chi connectivity index (χ2n) is 8.15. The summed E-state index contributed by atoms with van der Waals surface area (Å²) in [6.07, 6.45) is 3.89. The number of nitrogens with one attached hydrogen (secondary N) is 2. The van der Waals surface area contributed by atoms with Crippen LogP contribution < -0.4 is 25.0 Å². The van der Waals surface area contributed by atoms with E-state index in [1.165, 1.54) is 6.26 Å². The Morgan fingerprint density at radius 1 is 0.917 bits per heavy atom. The Hall–Kier alpha value is -4.72. The average molecular weight is 485 g/mol. The van der Waals surface area contributed by atoms with Crippen LogP contribution in [0.15, 0.2) is 82.3 Å². The number of carbonyl (C=O) groups excluding carboxylic acids is 1. The molecule has 3 aromatic carbocycles. The molecule has 182 valence electrons. The standard InChI is InChI=1S/C28H24N2O6/c1-33-20-8-10-24-23(13-20)18(15-30-24)11-12-29-28(32)17-3-5-19(6-4-17)36-26-16-35-25-14-21(34-2)7-9-22(25)27(26)31/h3-10,13-16,30H,11-12H2,1-2H3,(H,29,32). The zero-order chi connectivity index (χ0) is 25.1. The zero-order valence-corrected chi connectivity index (χ0v) is 19.8. The monoisotopic (exact) mass is 484 g/mol. The maximum Gasteiger partial charge on any atom is 0.251 e. The van der Waals surface area contributed by atoms with Gasteiger partial charge in [0.2, 0.25) is 11.2 Å². The lowest BCUT2D eigenvalue weighted by molar-refractivity contribution is 0.0954. The van der Waals surface area contributed by atoms with Crippen molar-refractivity contribution in [3.05, 3.63) is 94.5 Å². The predicted molar refractivity (Wildman–Crippen MR) is 136 cm³/mol. The summed E-state index contributed by atoms with van der Waals surface area (Å²) in [6.45, 7) is 0.476. The van der Waals surface area contributed by atoms with Gasteiger partial charge in [-0.2, -0.15) is 0 Å². The minimum Gasteiger partial charge on any atom is -0.497 e. The summed E-state index contributed by atoms with van der Waals surface area (Å²) in [6, 6.07) is 17.4. The van der Waals surface area contributed by atoms with Crippen LogP contribution >= 0.6 is 0 Å². The molecule has 0 atom stereocenters. The van der Waals surface area contributed by atoms with Gasteiger partial charge in [0.05, 0.1) is 19.6 Å². The Morgan fingerprint density at radius 2 is 1.64 bits per heavy atom. The van der Waals surface area contributed by atoms with Crippen LogP contribution in [0.3, 0.4) is 0 Å². The van der Waals surface area contributed by atoms with E-state index in [-0.39, 0.29) is 17.1 Å². The Balaban J connectivity index is 1.22. The molecule has 0 bridgehead atoms. The predicted octanol–water partition coefficient (Wildman–Crippen LogP) is 5.06. The van der Waals surface area contributed by atoms with Crippen molar-refractivity contribution in [2.75, 3.05) is 20.8 Å². The van der Waals surface area contributed by atoms with Crippen molar-refractivity contribution in [1.82, 2.24) is 10.3 Å². The Labute approximate surface area is 206 Å². The van der Waals surface area contributed by atoms with Gasteiger partial charge in [0.15, 0.2) is 0 Å². The van der Waals surface area contributed by atoms with Crippen molar-refractivity contribution in [1.29, 1.82) is 0 Å². The maximum absolute atomic E-state index is 12.7. The third-order valence-electron chi connectivity index (χ3n) is 5.95. The lowest BCUT2D eigenvalue weighted by atomic mass is 10.1. The molecule has 0 saturated heterocycles. The van der Waals surface area contributed by atoms with Gasteiger partial charge in [-0.05, 0) is 66.6 Å². The van der Waals surface area contributed by atoms with Crippen molar-refractivity contribution in [2.24, 2.45) is 0 Å². The summed E-state index contributed by atoms with van der Waals surface area (Å²) >= 11 is 0. The summed E-state index contributed by atoms with van der Waals surface area (Å²) in [5.41, 5.74) is 2.72. The number of methoxy groups -OCH3 is 2. The summed E-state index contributed by atoms with van der Waals surface area (Å²) < 4.78 is 21.7. The second-order valence-corrected chi connectivity index (χ2v) is 8.15. The van der Waals surface area contributed by atoms with Gasteiger partial charge in [0.1, 0.15) is 29.1 Å². The highest BCUT2D eigenvalue weighted by Gasteiger charge is 2.12. The highest BCUT2D eigenvalue weighted by molar-refractivity contribution is 5.94. The first-order valence-electron chi connectivity index (χ1n) is 11.4. The van der Waals surface area contributed by atoms with E-state index in [2.05, 4.69) is 10.3 Å². The van der Waals surface area contributed by atoms with Crippen LogP contribution in [0.2, 0.25) is 0 Å². The number of rotatable bonds is 8. The normalized spacial score (nSPS) is 10.9.